The molecule has 0 fully saturated rings. The first kappa shape index (κ1) is 18.6. The van der Waals surface area contributed by atoms with Gasteiger partial charge in [0.15, 0.2) is 5.58 Å². The van der Waals surface area contributed by atoms with Crippen molar-refractivity contribution in [3.8, 4) is 11.5 Å². The Hall–Kier alpha value is -3.71. The number of amides is 1. The number of anilines is 1. The van der Waals surface area contributed by atoms with Crippen molar-refractivity contribution in [2.24, 2.45) is 0 Å². The molecule has 0 radical (unpaired) electrons. The Labute approximate surface area is 170 Å². The topological polar surface area (TPSA) is 98.3 Å². The normalized spacial score (nSPS) is 10.8. The van der Waals surface area contributed by atoms with Crippen LogP contribution in [-0.2, 0) is 0 Å². The molecular formula is C21H14ClN3O4. The average Bonchev–Trinajstić information content (AvgIpc) is 3.11. The predicted molar refractivity (Wildman–Crippen MR) is 110 cm³/mol. The maximum Gasteiger partial charge on any atom is 0.273 e. The van der Waals surface area contributed by atoms with Crippen molar-refractivity contribution in [3.63, 3.8) is 0 Å². The van der Waals surface area contributed by atoms with Crippen molar-refractivity contribution in [3.05, 3.63) is 86.9 Å². The van der Waals surface area contributed by atoms with E-state index in [0.717, 1.165) is 0 Å². The summed E-state index contributed by atoms with van der Waals surface area (Å²) in [5, 5.41) is 14.3. The number of halogens is 1. The van der Waals surface area contributed by atoms with Crippen molar-refractivity contribution < 1.29 is 14.1 Å². The van der Waals surface area contributed by atoms with E-state index in [9.17, 15) is 14.9 Å². The lowest BCUT2D eigenvalue weighted by Crippen LogP contribution is -2.12. The SMILES string of the molecule is Cc1ccc(C(=O)Nc2ccc3oc(-c4ccccc4Cl)nc3c2)cc1[N+](=O)[O-]. The second kappa shape index (κ2) is 7.37. The van der Waals surface area contributed by atoms with Crippen LogP contribution in [0.3, 0.4) is 0 Å². The van der Waals surface area contributed by atoms with Gasteiger partial charge in [-0.05, 0) is 43.3 Å². The van der Waals surface area contributed by atoms with Gasteiger partial charge in [-0.15, -0.1) is 0 Å². The monoisotopic (exact) mass is 407 g/mol. The zero-order valence-electron chi connectivity index (χ0n) is 15.2. The number of hydrogen-bond donors (Lipinski definition) is 1. The van der Waals surface area contributed by atoms with Gasteiger partial charge in [-0.3, -0.25) is 14.9 Å². The molecule has 29 heavy (non-hydrogen) atoms. The standard InChI is InChI=1S/C21H14ClN3O4/c1-12-6-7-13(10-18(12)25(27)28)20(26)23-14-8-9-19-17(11-14)24-21(29-19)15-4-2-3-5-16(15)22/h2-11H,1H3,(H,23,26). The predicted octanol–water partition coefficient (Wildman–Crippen LogP) is 5.62. The molecular weight excluding hydrogens is 394 g/mol. The highest BCUT2D eigenvalue weighted by molar-refractivity contribution is 6.33. The molecule has 1 amide bonds. The number of nitrogens with one attached hydrogen (secondary N) is 1. The molecule has 0 atom stereocenters. The van der Waals surface area contributed by atoms with E-state index >= 15 is 0 Å². The molecule has 7 nitrogen and oxygen atoms in total. The molecule has 0 spiro atoms. The Morgan fingerprint density at radius 2 is 1.93 bits per heavy atom. The van der Waals surface area contributed by atoms with E-state index in [2.05, 4.69) is 10.3 Å². The minimum atomic E-state index is -0.510. The van der Waals surface area contributed by atoms with Gasteiger partial charge < -0.3 is 9.73 Å². The number of aromatic nitrogens is 1. The van der Waals surface area contributed by atoms with Crippen LogP contribution in [0.2, 0.25) is 5.02 Å². The Balaban J connectivity index is 1.62. The summed E-state index contributed by atoms with van der Waals surface area (Å²) in [6.45, 7) is 1.62. The summed E-state index contributed by atoms with van der Waals surface area (Å²) >= 11 is 6.20. The fourth-order valence-corrected chi connectivity index (χ4v) is 3.12. The van der Waals surface area contributed by atoms with Crippen molar-refractivity contribution in [1.29, 1.82) is 0 Å². The highest BCUT2D eigenvalue weighted by Gasteiger charge is 2.16. The maximum atomic E-state index is 12.5. The van der Waals surface area contributed by atoms with E-state index in [1.165, 1.54) is 6.07 Å². The van der Waals surface area contributed by atoms with E-state index < -0.39 is 10.8 Å². The van der Waals surface area contributed by atoms with Crippen LogP contribution in [-0.4, -0.2) is 15.8 Å². The number of nitrogens with zero attached hydrogens (tertiary/aromatic N) is 2. The first-order valence-corrected chi connectivity index (χ1v) is 9.02. The summed E-state index contributed by atoms with van der Waals surface area (Å²) < 4.78 is 5.75. The van der Waals surface area contributed by atoms with E-state index in [1.54, 1.807) is 49.4 Å². The first-order chi connectivity index (χ1) is 13.9. The Bertz CT molecular complexity index is 1270. The van der Waals surface area contributed by atoms with Crippen LogP contribution >= 0.6 is 11.6 Å². The zero-order valence-corrected chi connectivity index (χ0v) is 15.9. The smallest absolute Gasteiger partial charge is 0.273 e. The van der Waals surface area contributed by atoms with Crippen molar-refractivity contribution in [2.75, 3.05) is 5.32 Å². The number of fused-ring (bicyclic) bond motifs is 1. The summed E-state index contributed by atoms with van der Waals surface area (Å²) in [4.78, 5) is 27.5. The summed E-state index contributed by atoms with van der Waals surface area (Å²) in [5.74, 6) is -0.0782. The highest BCUT2D eigenvalue weighted by Crippen LogP contribution is 2.30. The molecule has 4 rings (SSSR count). The average molecular weight is 408 g/mol. The van der Waals surface area contributed by atoms with Crippen molar-refractivity contribution in [2.45, 2.75) is 6.92 Å². The van der Waals surface area contributed by atoms with Crippen LogP contribution in [0.4, 0.5) is 11.4 Å². The maximum absolute atomic E-state index is 12.5. The molecule has 0 aliphatic rings. The van der Waals surface area contributed by atoms with Crippen LogP contribution in [0.15, 0.2) is 65.1 Å². The minimum absolute atomic E-state index is 0.103. The van der Waals surface area contributed by atoms with Crippen LogP contribution < -0.4 is 5.32 Å². The summed E-state index contributed by atoms with van der Waals surface area (Å²) in [7, 11) is 0. The zero-order chi connectivity index (χ0) is 20.5. The molecule has 1 aromatic heterocycles. The minimum Gasteiger partial charge on any atom is -0.436 e. The third-order valence-corrected chi connectivity index (χ3v) is 4.75. The Kier molecular flexibility index (Phi) is 4.74. The Morgan fingerprint density at radius 1 is 1.14 bits per heavy atom. The lowest BCUT2D eigenvalue weighted by Gasteiger charge is -2.06. The second-order valence-electron chi connectivity index (χ2n) is 6.39. The Morgan fingerprint density at radius 3 is 2.69 bits per heavy atom. The van der Waals surface area contributed by atoms with Crippen LogP contribution in [0.5, 0.6) is 0 Å². The van der Waals surface area contributed by atoms with Gasteiger partial charge in [-0.2, -0.15) is 0 Å². The number of carbonyl (C=O) groups excluding carboxylic acids is 1. The molecule has 144 valence electrons. The number of rotatable bonds is 4. The largest absolute Gasteiger partial charge is 0.436 e. The number of benzene rings is 3. The molecule has 0 unspecified atom stereocenters. The molecule has 3 aromatic carbocycles. The summed E-state index contributed by atoms with van der Waals surface area (Å²) in [6.07, 6.45) is 0. The fraction of sp³-hybridized carbons (Fsp3) is 0.0476. The van der Waals surface area contributed by atoms with E-state index in [4.69, 9.17) is 16.0 Å². The van der Waals surface area contributed by atoms with Gasteiger partial charge in [0.2, 0.25) is 5.89 Å². The highest BCUT2D eigenvalue weighted by atomic mass is 35.5. The number of oxazole rings is 1. The van der Waals surface area contributed by atoms with Crippen molar-refractivity contribution in [1.82, 2.24) is 4.98 Å². The molecule has 0 aliphatic heterocycles. The molecule has 4 aromatic rings. The number of carbonyl (C=O) groups is 1. The van der Waals surface area contributed by atoms with E-state index in [-0.39, 0.29) is 11.3 Å². The number of hydrogen-bond acceptors (Lipinski definition) is 5. The molecule has 8 heteroatoms. The second-order valence-corrected chi connectivity index (χ2v) is 6.80. The number of aryl methyl sites for hydroxylation is 1. The van der Waals surface area contributed by atoms with Gasteiger partial charge in [-0.25, -0.2) is 4.98 Å². The lowest BCUT2D eigenvalue weighted by atomic mass is 10.1. The third kappa shape index (κ3) is 3.68. The molecule has 1 N–H and O–H groups in total. The van der Waals surface area contributed by atoms with Gasteiger partial charge in [0.25, 0.3) is 11.6 Å². The van der Waals surface area contributed by atoms with Crippen LogP contribution in [0.1, 0.15) is 15.9 Å². The van der Waals surface area contributed by atoms with Gasteiger partial charge in [0.05, 0.1) is 15.5 Å². The molecule has 0 aliphatic carbocycles. The third-order valence-electron chi connectivity index (χ3n) is 4.42. The van der Waals surface area contributed by atoms with Gasteiger partial charge in [0.1, 0.15) is 5.52 Å². The quantitative estimate of drug-likeness (QED) is 0.350. The summed E-state index contributed by atoms with van der Waals surface area (Å²) in [6, 6.07) is 16.6. The van der Waals surface area contributed by atoms with Crippen LogP contribution in [0.25, 0.3) is 22.6 Å². The number of nitro groups is 1. The molecule has 0 saturated carbocycles. The number of nitro benzene ring substituents is 1. The van der Waals surface area contributed by atoms with Gasteiger partial charge >= 0.3 is 0 Å². The summed E-state index contributed by atoms with van der Waals surface area (Å²) in [5.41, 5.74) is 2.83. The molecule has 1 heterocycles. The molecule has 0 saturated heterocycles. The van der Waals surface area contributed by atoms with E-state index in [0.29, 0.717) is 38.8 Å². The van der Waals surface area contributed by atoms with E-state index in [1.807, 2.05) is 12.1 Å². The lowest BCUT2D eigenvalue weighted by molar-refractivity contribution is -0.385. The van der Waals surface area contributed by atoms with Crippen molar-refractivity contribution >= 4 is 40.0 Å². The van der Waals surface area contributed by atoms with Gasteiger partial charge in [0, 0.05) is 22.9 Å². The molecule has 0 bridgehead atoms. The van der Waals surface area contributed by atoms with Gasteiger partial charge in [-0.1, -0.05) is 29.8 Å². The first-order valence-electron chi connectivity index (χ1n) is 8.64. The van der Waals surface area contributed by atoms with Crippen LogP contribution in [0, 0.1) is 17.0 Å². The fourth-order valence-electron chi connectivity index (χ4n) is 2.91.